The summed E-state index contributed by atoms with van der Waals surface area (Å²) < 4.78 is 0. The van der Waals surface area contributed by atoms with Crippen LogP contribution in [0.25, 0.3) is 0 Å². The van der Waals surface area contributed by atoms with E-state index in [1.807, 2.05) is 36.4 Å². The van der Waals surface area contributed by atoms with Gasteiger partial charge in [0.05, 0.1) is 5.75 Å². The van der Waals surface area contributed by atoms with Gasteiger partial charge < -0.3 is 5.73 Å². The minimum Gasteiger partial charge on any atom is -0.369 e. The van der Waals surface area contributed by atoms with Gasteiger partial charge in [-0.3, -0.25) is 25.2 Å². The number of thioether (sulfide) groups is 2. The van der Waals surface area contributed by atoms with E-state index in [1.54, 1.807) is 23.9 Å². The average Bonchev–Trinajstić information content (AvgIpc) is 2.69. The van der Waals surface area contributed by atoms with Crippen molar-refractivity contribution >= 4 is 52.8 Å². The topological polar surface area (TPSA) is 101 Å². The van der Waals surface area contributed by atoms with Crippen molar-refractivity contribution in [1.82, 2.24) is 10.9 Å². The summed E-state index contributed by atoms with van der Waals surface area (Å²) in [4.78, 5) is 35.4. The highest BCUT2D eigenvalue weighted by molar-refractivity contribution is 8.00. The Bertz CT molecular complexity index is 814. The molecule has 0 saturated heterocycles. The molecule has 0 aliphatic heterocycles. The number of primary amides is 1. The Labute approximate surface area is 176 Å². The van der Waals surface area contributed by atoms with E-state index >= 15 is 0 Å². The maximum absolute atomic E-state index is 12.1. The van der Waals surface area contributed by atoms with Crippen molar-refractivity contribution in [2.24, 2.45) is 5.73 Å². The number of benzene rings is 2. The van der Waals surface area contributed by atoms with Gasteiger partial charge in [0, 0.05) is 33.4 Å². The number of rotatable bonds is 9. The van der Waals surface area contributed by atoms with E-state index in [1.165, 1.54) is 11.8 Å². The van der Waals surface area contributed by atoms with Crippen molar-refractivity contribution in [3.63, 3.8) is 0 Å². The van der Waals surface area contributed by atoms with E-state index in [4.69, 9.17) is 17.3 Å². The molecule has 0 bridgehead atoms. The minimum atomic E-state index is -0.422. The molecular weight excluding hydrogens is 418 g/mol. The Morgan fingerprint density at radius 1 is 0.964 bits per heavy atom. The standard InChI is InChI=1S/C19H20ClN3O3S2/c20-15-5-7-16(8-6-15)28-11-13-1-3-14(4-2-13)19(26)23-22-18(25)9-10-27-12-17(21)24/h1-8H,9-12H2,(H2,21,24)(H,22,25)(H,23,26). The average molecular weight is 438 g/mol. The van der Waals surface area contributed by atoms with Gasteiger partial charge in [-0.05, 0) is 42.0 Å². The second-order valence-electron chi connectivity index (χ2n) is 5.71. The molecule has 0 saturated carbocycles. The van der Waals surface area contributed by atoms with Crippen LogP contribution in [0.2, 0.25) is 5.02 Å². The van der Waals surface area contributed by atoms with Gasteiger partial charge in [-0.1, -0.05) is 23.7 Å². The molecule has 2 aromatic rings. The molecule has 2 rings (SSSR count). The lowest BCUT2D eigenvalue weighted by Gasteiger charge is -2.08. The molecule has 0 aliphatic carbocycles. The van der Waals surface area contributed by atoms with E-state index in [0.717, 1.165) is 16.2 Å². The molecule has 0 heterocycles. The lowest BCUT2D eigenvalue weighted by atomic mass is 10.1. The van der Waals surface area contributed by atoms with Crippen molar-refractivity contribution in [2.45, 2.75) is 17.1 Å². The molecule has 148 valence electrons. The smallest absolute Gasteiger partial charge is 0.269 e. The number of nitrogens with one attached hydrogen (secondary N) is 2. The van der Waals surface area contributed by atoms with Crippen molar-refractivity contribution in [3.05, 3.63) is 64.7 Å². The lowest BCUT2D eigenvalue weighted by molar-refractivity contribution is -0.121. The number of hydrazine groups is 1. The molecule has 0 fully saturated rings. The zero-order valence-corrected chi connectivity index (χ0v) is 17.3. The van der Waals surface area contributed by atoms with Crippen molar-refractivity contribution in [1.29, 1.82) is 0 Å². The molecule has 0 atom stereocenters. The fourth-order valence-corrected chi connectivity index (χ4v) is 3.70. The van der Waals surface area contributed by atoms with Crippen molar-refractivity contribution < 1.29 is 14.4 Å². The lowest BCUT2D eigenvalue weighted by Crippen LogP contribution is -2.41. The highest BCUT2D eigenvalue weighted by Crippen LogP contribution is 2.24. The van der Waals surface area contributed by atoms with E-state index in [9.17, 15) is 14.4 Å². The van der Waals surface area contributed by atoms with Crippen LogP contribution in [0.5, 0.6) is 0 Å². The van der Waals surface area contributed by atoms with Gasteiger partial charge in [-0.25, -0.2) is 0 Å². The number of carbonyl (C=O) groups is 3. The van der Waals surface area contributed by atoms with Crippen LogP contribution in [0.1, 0.15) is 22.3 Å². The largest absolute Gasteiger partial charge is 0.369 e. The van der Waals surface area contributed by atoms with Crippen LogP contribution in [0, 0.1) is 0 Å². The van der Waals surface area contributed by atoms with Crippen molar-refractivity contribution in [2.75, 3.05) is 11.5 Å². The summed E-state index contributed by atoms with van der Waals surface area (Å²) in [7, 11) is 0. The molecule has 0 radical (unpaired) electrons. The summed E-state index contributed by atoms with van der Waals surface area (Å²) in [6.07, 6.45) is 0.180. The predicted molar refractivity (Wildman–Crippen MR) is 114 cm³/mol. The second kappa shape index (κ2) is 11.6. The molecule has 0 spiro atoms. The zero-order chi connectivity index (χ0) is 20.4. The molecule has 4 N–H and O–H groups in total. The molecule has 0 unspecified atom stereocenters. The highest BCUT2D eigenvalue weighted by atomic mass is 35.5. The first-order valence-electron chi connectivity index (χ1n) is 8.36. The number of nitrogens with two attached hydrogens (primary N) is 1. The Kier molecular flexibility index (Phi) is 9.19. The van der Waals surface area contributed by atoms with Crippen LogP contribution < -0.4 is 16.6 Å². The van der Waals surface area contributed by atoms with Crippen LogP contribution in [0.3, 0.4) is 0 Å². The predicted octanol–water partition coefficient (Wildman–Crippen LogP) is 3.00. The first kappa shape index (κ1) is 22.1. The summed E-state index contributed by atoms with van der Waals surface area (Å²) in [6, 6.07) is 14.8. The van der Waals surface area contributed by atoms with Gasteiger partial charge >= 0.3 is 0 Å². The number of carbonyl (C=O) groups excluding carboxylic acids is 3. The van der Waals surface area contributed by atoms with Gasteiger partial charge in [-0.15, -0.1) is 11.8 Å². The van der Waals surface area contributed by atoms with Gasteiger partial charge in [0.15, 0.2) is 0 Å². The first-order valence-corrected chi connectivity index (χ1v) is 10.9. The highest BCUT2D eigenvalue weighted by Gasteiger charge is 2.08. The van der Waals surface area contributed by atoms with Crippen LogP contribution in [0.15, 0.2) is 53.4 Å². The summed E-state index contributed by atoms with van der Waals surface area (Å²) >= 11 is 8.82. The number of hydrogen-bond donors (Lipinski definition) is 3. The quantitative estimate of drug-likeness (QED) is 0.318. The van der Waals surface area contributed by atoms with Crippen molar-refractivity contribution in [3.8, 4) is 0 Å². The molecular formula is C19H20ClN3O3S2. The molecule has 0 aromatic heterocycles. The maximum atomic E-state index is 12.1. The Balaban J connectivity index is 1.72. The first-order chi connectivity index (χ1) is 13.4. The Morgan fingerprint density at radius 3 is 2.29 bits per heavy atom. The third kappa shape index (κ3) is 8.24. The fraction of sp³-hybridized carbons (Fsp3) is 0.211. The minimum absolute atomic E-state index is 0.169. The van der Waals surface area contributed by atoms with Crippen LogP contribution >= 0.6 is 35.1 Å². The number of amides is 3. The normalized spacial score (nSPS) is 10.3. The Hall–Kier alpha value is -2.16. The molecule has 28 heavy (non-hydrogen) atoms. The number of halogens is 1. The van der Waals surface area contributed by atoms with Crippen LogP contribution in [0.4, 0.5) is 0 Å². The van der Waals surface area contributed by atoms with E-state index in [0.29, 0.717) is 16.3 Å². The Morgan fingerprint density at radius 2 is 1.64 bits per heavy atom. The van der Waals surface area contributed by atoms with Gasteiger partial charge in [0.1, 0.15) is 0 Å². The monoisotopic (exact) mass is 437 g/mol. The van der Waals surface area contributed by atoms with Crippen LogP contribution in [-0.4, -0.2) is 29.2 Å². The van der Waals surface area contributed by atoms with E-state index < -0.39 is 11.8 Å². The SMILES string of the molecule is NC(=O)CSCCC(=O)NNC(=O)c1ccc(CSc2ccc(Cl)cc2)cc1. The van der Waals surface area contributed by atoms with Gasteiger partial charge in [-0.2, -0.15) is 11.8 Å². The molecule has 2 aromatic carbocycles. The third-order valence-corrected chi connectivity index (χ3v) is 5.79. The number of hydrogen-bond acceptors (Lipinski definition) is 5. The summed E-state index contributed by atoms with van der Waals surface area (Å²) in [6.45, 7) is 0. The van der Waals surface area contributed by atoms with Gasteiger partial charge in [0.2, 0.25) is 11.8 Å². The van der Waals surface area contributed by atoms with Crippen LogP contribution in [-0.2, 0) is 15.3 Å². The zero-order valence-electron chi connectivity index (χ0n) is 14.9. The summed E-state index contributed by atoms with van der Waals surface area (Å²) in [5.74, 6) is 0.237. The summed E-state index contributed by atoms with van der Waals surface area (Å²) in [5.41, 5.74) is 11.3. The van der Waals surface area contributed by atoms with E-state index in [2.05, 4.69) is 10.9 Å². The maximum Gasteiger partial charge on any atom is 0.269 e. The molecule has 9 heteroatoms. The molecule has 3 amide bonds. The van der Waals surface area contributed by atoms with E-state index in [-0.39, 0.29) is 18.1 Å². The second-order valence-corrected chi connectivity index (χ2v) is 8.30. The third-order valence-electron chi connectivity index (χ3n) is 3.47. The molecule has 0 aliphatic rings. The summed E-state index contributed by atoms with van der Waals surface area (Å²) in [5, 5.41) is 0.705. The van der Waals surface area contributed by atoms with Gasteiger partial charge in [0.25, 0.3) is 5.91 Å². The molecule has 6 nitrogen and oxygen atoms in total. The fourth-order valence-electron chi connectivity index (χ4n) is 2.05.